The monoisotopic (exact) mass is 285 g/mol. The number of hydrogen-bond acceptors (Lipinski definition) is 5. The fraction of sp³-hybridized carbons (Fsp3) is 0.267. The second-order valence-corrected chi connectivity index (χ2v) is 5.05. The lowest BCUT2D eigenvalue weighted by Gasteiger charge is -2.27. The highest BCUT2D eigenvalue weighted by atomic mass is 16.6. The summed E-state index contributed by atoms with van der Waals surface area (Å²) in [5, 5.41) is 11.4. The van der Waals surface area contributed by atoms with Crippen molar-refractivity contribution in [3.63, 3.8) is 0 Å². The van der Waals surface area contributed by atoms with Gasteiger partial charge in [0.15, 0.2) is 0 Å². The van der Waals surface area contributed by atoms with Crippen LogP contribution in [0.5, 0.6) is 5.75 Å². The Balaban J connectivity index is 2.22. The van der Waals surface area contributed by atoms with Crippen LogP contribution in [0.4, 0.5) is 11.4 Å². The van der Waals surface area contributed by atoms with Crippen molar-refractivity contribution in [2.45, 2.75) is 6.92 Å². The number of pyridine rings is 1. The van der Waals surface area contributed by atoms with Crippen LogP contribution in [0.1, 0.15) is 5.69 Å². The first-order valence-electron chi connectivity index (χ1n) is 6.65. The zero-order valence-electron chi connectivity index (χ0n) is 11.9. The molecule has 6 heteroatoms. The lowest BCUT2D eigenvalue weighted by Crippen LogP contribution is -2.28. The van der Waals surface area contributed by atoms with E-state index in [0.29, 0.717) is 17.9 Å². The van der Waals surface area contributed by atoms with Gasteiger partial charge in [0, 0.05) is 25.0 Å². The van der Waals surface area contributed by atoms with Gasteiger partial charge in [0.2, 0.25) is 0 Å². The van der Waals surface area contributed by atoms with E-state index < -0.39 is 0 Å². The maximum atomic E-state index is 11.4. The van der Waals surface area contributed by atoms with E-state index in [0.717, 1.165) is 23.5 Å². The molecule has 0 saturated heterocycles. The van der Waals surface area contributed by atoms with Crippen molar-refractivity contribution in [2.24, 2.45) is 0 Å². The molecule has 2 aromatic rings. The molecule has 3 rings (SSSR count). The number of anilines is 1. The van der Waals surface area contributed by atoms with Crippen molar-refractivity contribution in [1.82, 2.24) is 4.98 Å². The van der Waals surface area contributed by atoms with Crippen LogP contribution in [0.25, 0.3) is 11.1 Å². The van der Waals surface area contributed by atoms with Crippen molar-refractivity contribution in [3.8, 4) is 16.9 Å². The van der Waals surface area contributed by atoms with Crippen LogP contribution in [0, 0.1) is 17.0 Å². The molecule has 0 bridgehead atoms. The molecular formula is C15H15N3O3. The molecule has 1 aromatic heterocycles. The number of aromatic nitrogens is 1. The van der Waals surface area contributed by atoms with Gasteiger partial charge >= 0.3 is 0 Å². The third kappa shape index (κ3) is 2.40. The minimum atomic E-state index is -0.353. The predicted octanol–water partition coefficient (Wildman–Crippen LogP) is 2.79. The lowest BCUT2D eigenvalue weighted by molar-refractivity contribution is -0.384. The van der Waals surface area contributed by atoms with Gasteiger partial charge in [-0.2, -0.15) is 0 Å². The summed E-state index contributed by atoms with van der Waals surface area (Å²) in [5.74, 6) is 0.679. The summed E-state index contributed by atoms with van der Waals surface area (Å²) in [5.41, 5.74) is 2.98. The van der Waals surface area contributed by atoms with Crippen LogP contribution in [-0.2, 0) is 0 Å². The summed E-state index contributed by atoms with van der Waals surface area (Å²) in [6.07, 6.45) is 1.65. The van der Waals surface area contributed by atoms with Crippen LogP contribution in [-0.4, -0.2) is 30.1 Å². The van der Waals surface area contributed by atoms with Crippen molar-refractivity contribution < 1.29 is 9.66 Å². The number of nitro benzene ring substituents is 1. The Morgan fingerprint density at radius 1 is 1.38 bits per heavy atom. The Hall–Kier alpha value is -2.63. The summed E-state index contributed by atoms with van der Waals surface area (Å²) in [4.78, 5) is 17.1. The largest absolute Gasteiger partial charge is 0.490 e. The molecule has 0 atom stereocenters. The molecule has 6 nitrogen and oxygen atoms in total. The number of hydrogen-bond donors (Lipinski definition) is 0. The molecule has 21 heavy (non-hydrogen) atoms. The molecule has 1 aliphatic rings. The molecule has 0 saturated carbocycles. The topological polar surface area (TPSA) is 68.5 Å². The maximum Gasteiger partial charge on any atom is 0.279 e. The highest BCUT2D eigenvalue weighted by molar-refractivity contribution is 5.80. The predicted molar refractivity (Wildman–Crippen MR) is 79.8 cm³/mol. The molecule has 0 unspecified atom stereocenters. The Morgan fingerprint density at radius 3 is 2.90 bits per heavy atom. The average Bonchev–Trinajstić information content (AvgIpc) is 2.46. The third-order valence-electron chi connectivity index (χ3n) is 3.58. The van der Waals surface area contributed by atoms with E-state index >= 15 is 0 Å². The minimum absolute atomic E-state index is 0.0803. The minimum Gasteiger partial charge on any atom is -0.490 e. The average molecular weight is 285 g/mol. The summed E-state index contributed by atoms with van der Waals surface area (Å²) in [6.45, 7) is 3.16. The van der Waals surface area contributed by atoms with Gasteiger partial charge in [-0.1, -0.05) is 0 Å². The fourth-order valence-corrected chi connectivity index (χ4v) is 2.48. The van der Waals surface area contributed by atoms with E-state index in [2.05, 4.69) is 4.98 Å². The highest BCUT2D eigenvalue weighted by Gasteiger charge is 2.24. The molecular weight excluding hydrogens is 270 g/mol. The van der Waals surface area contributed by atoms with Gasteiger partial charge < -0.3 is 9.64 Å². The van der Waals surface area contributed by atoms with Crippen LogP contribution < -0.4 is 9.64 Å². The van der Waals surface area contributed by atoms with Crippen LogP contribution in [0.15, 0.2) is 30.5 Å². The zero-order valence-corrected chi connectivity index (χ0v) is 11.9. The van der Waals surface area contributed by atoms with Gasteiger partial charge in [-0.3, -0.25) is 15.1 Å². The smallest absolute Gasteiger partial charge is 0.279 e. The number of nitro groups is 1. The van der Waals surface area contributed by atoms with Gasteiger partial charge in [-0.25, -0.2) is 0 Å². The number of rotatable bonds is 2. The van der Waals surface area contributed by atoms with Crippen molar-refractivity contribution >= 4 is 11.4 Å². The van der Waals surface area contributed by atoms with Crippen molar-refractivity contribution in [3.05, 3.63) is 46.3 Å². The van der Waals surface area contributed by atoms with Crippen molar-refractivity contribution in [2.75, 3.05) is 25.1 Å². The lowest BCUT2D eigenvalue weighted by atomic mass is 10.0. The van der Waals surface area contributed by atoms with E-state index in [1.54, 1.807) is 24.4 Å². The summed E-state index contributed by atoms with van der Waals surface area (Å²) >= 11 is 0. The highest BCUT2D eigenvalue weighted by Crippen LogP contribution is 2.41. The van der Waals surface area contributed by atoms with E-state index in [9.17, 15) is 10.1 Å². The van der Waals surface area contributed by atoms with E-state index in [-0.39, 0.29) is 10.6 Å². The molecule has 108 valence electrons. The van der Waals surface area contributed by atoms with Gasteiger partial charge in [-0.15, -0.1) is 0 Å². The molecule has 0 radical (unpaired) electrons. The standard InChI is InChI=1S/C15H15N3O3/c1-10-7-11(3-4-16-10)12-8-15-14(9-13(12)18(19)20)17(2)5-6-21-15/h3-4,7-9H,5-6H2,1-2H3. The number of fused-ring (bicyclic) bond motifs is 1. The molecule has 1 aliphatic heterocycles. The molecule has 0 N–H and O–H groups in total. The quantitative estimate of drug-likeness (QED) is 0.627. The molecule has 0 fully saturated rings. The van der Waals surface area contributed by atoms with Gasteiger partial charge in [0.1, 0.15) is 12.4 Å². The van der Waals surface area contributed by atoms with E-state index in [1.807, 2.05) is 24.9 Å². The molecule has 0 spiro atoms. The van der Waals surface area contributed by atoms with E-state index in [1.165, 1.54) is 0 Å². The maximum absolute atomic E-state index is 11.4. The van der Waals surface area contributed by atoms with E-state index in [4.69, 9.17) is 4.74 Å². The molecule has 2 heterocycles. The number of nitrogens with zero attached hydrogens (tertiary/aromatic N) is 3. The fourth-order valence-electron chi connectivity index (χ4n) is 2.48. The first kappa shape index (κ1) is 13.4. The second-order valence-electron chi connectivity index (χ2n) is 5.05. The van der Waals surface area contributed by atoms with Gasteiger partial charge in [0.25, 0.3) is 5.69 Å². The third-order valence-corrected chi connectivity index (χ3v) is 3.58. The van der Waals surface area contributed by atoms with Crippen LogP contribution >= 0.6 is 0 Å². The molecule has 0 aliphatic carbocycles. The molecule has 1 aromatic carbocycles. The molecule has 0 amide bonds. The zero-order chi connectivity index (χ0) is 15.0. The van der Waals surface area contributed by atoms with Crippen molar-refractivity contribution in [1.29, 1.82) is 0 Å². The normalized spacial score (nSPS) is 13.5. The SMILES string of the molecule is Cc1cc(-c2cc3c(cc2[N+](=O)[O-])N(C)CCO3)ccn1. The second kappa shape index (κ2) is 5.05. The number of ether oxygens (including phenoxy) is 1. The summed E-state index contributed by atoms with van der Waals surface area (Å²) in [7, 11) is 1.90. The Kier molecular flexibility index (Phi) is 3.21. The van der Waals surface area contributed by atoms with Crippen LogP contribution in [0.2, 0.25) is 0 Å². The number of aryl methyl sites for hydroxylation is 1. The Morgan fingerprint density at radius 2 is 2.19 bits per heavy atom. The first-order chi connectivity index (χ1) is 10.1. The summed E-state index contributed by atoms with van der Waals surface area (Å²) < 4.78 is 5.64. The summed E-state index contributed by atoms with van der Waals surface area (Å²) in [6, 6.07) is 6.94. The first-order valence-corrected chi connectivity index (χ1v) is 6.65. The number of benzene rings is 1. The Bertz CT molecular complexity index is 715. The van der Waals surface area contributed by atoms with Gasteiger partial charge in [-0.05, 0) is 30.7 Å². The van der Waals surface area contributed by atoms with Crippen LogP contribution in [0.3, 0.4) is 0 Å². The van der Waals surface area contributed by atoms with Gasteiger partial charge in [0.05, 0.1) is 22.7 Å². The number of likely N-dealkylation sites (N-methyl/N-ethyl adjacent to an activating group) is 1. The Labute approximate surface area is 122 Å².